The largest absolute Gasteiger partial charge is 0.491 e. The van der Waals surface area contributed by atoms with Crippen molar-refractivity contribution in [3.8, 4) is 17.1 Å². The number of carbonyl (C=O) groups is 1. The molecule has 2 aromatic carbocycles. The number of anilines is 1. The molecule has 152 valence electrons. The highest BCUT2D eigenvalue weighted by Crippen LogP contribution is 2.18. The molecule has 0 atom stereocenters. The molecule has 0 radical (unpaired) electrons. The van der Waals surface area contributed by atoms with Crippen LogP contribution in [-0.4, -0.2) is 36.4 Å². The van der Waals surface area contributed by atoms with E-state index in [-0.39, 0.29) is 11.7 Å². The lowest BCUT2D eigenvalue weighted by Crippen LogP contribution is -2.11. The van der Waals surface area contributed by atoms with Crippen LogP contribution in [0.4, 0.5) is 10.1 Å². The van der Waals surface area contributed by atoms with Crippen molar-refractivity contribution < 1.29 is 23.2 Å². The Labute approximate surface area is 167 Å². The first-order valence-electron chi connectivity index (χ1n) is 9.24. The average molecular weight is 399 g/mol. The Bertz CT molecular complexity index is 910. The fraction of sp³-hybridized carbons (Fsp3) is 0.286. The van der Waals surface area contributed by atoms with E-state index in [1.165, 1.54) is 12.1 Å². The molecule has 0 saturated carbocycles. The highest BCUT2D eigenvalue weighted by molar-refractivity contribution is 5.90. The van der Waals surface area contributed by atoms with Gasteiger partial charge >= 0.3 is 0 Å². The summed E-state index contributed by atoms with van der Waals surface area (Å²) in [5, 5.41) is 6.73. The summed E-state index contributed by atoms with van der Waals surface area (Å²) in [4.78, 5) is 16.4. The van der Waals surface area contributed by atoms with Gasteiger partial charge in [0.1, 0.15) is 18.2 Å². The molecule has 0 unspecified atom stereocenters. The third kappa shape index (κ3) is 6.39. The Kier molecular flexibility index (Phi) is 7.29. The monoisotopic (exact) mass is 399 g/mol. The van der Waals surface area contributed by atoms with Gasteiger partial charge in [-0.05, 0) is 55.0 Å². The van der Waals surface area contributed by atoms with Crippen molar-refractivity contribution in [3.05, 3.63) is 60.2 Å². The number of ether oxygens (including phenoxy) is 2. The molecule has 0 aliphatic rings. The topological polar surface area (TPSA) is 86.5 Å². The van der Waals surface area contributed by atoms with Gasteiger partial charge in [0.2, 0.25) is 17.6 Å². The van der Waals surface area contributed by atoms with Gasteiger partial charge < -0.3 is 19.3 Å². The molecule has 1 amide bonds. The van der Waals surface area contributed by atoms with E-state index >= 15 is 0 Å². The lowest BCUT2D eigenvalue weighted by atomic mass is 10.2. The lowest BCUT2D eigenvalue weighted by molar-refractivity contribution is -0.116. The van der Waals surface area contributed by atoms with Gasteiger partial charge in [-0.25, -0.2) is 4.39 Å². The number of hydrogen-bond donors (Lipinski definition) is 1. The van der Waals surface area contributed by atoms with Gasteiger partial charge in [0.15, 0.2) is 0 Å². The van der Waals surface area contributed by atoms with E-state index < -0.39 is 0 Å². The maximum absolute atomic E-state index is 13.0. The van der Waals surface area contributed by atoms with E-state index in [2.05, 4.69) is 15.5 Å². The standard InChI is InChI=1S/C21H22FN3O4/c1-27-13-14-28-18-11-9-17(10-12-18)23-19(26)3-2-4-20-24-21(25-29-20)15-5-7-16(22)8-6-15/h5-12H,2-4,13-14H2,1H3,(H,23,26). The first-order valence-corrected chi connectivity index (χ1v) is 9.24. The van der Waals surface area contributed by atoms with Gasteiger partial charge in [0.25, 0.3) is 0 Å². The number of nitrogens with zero attached hydrogens (tertiary/aromatic N) is 2. The van der Waals surface area contributed by atoms with Crippen molar-refractivity contribution in [2.24, 2.45) is 0 Å². The van der Waals surface area contributed by atoms with E-state index in [4.69, 9.17) is 14.0 Å². The minimum atomic E-state index is -0.322. The number of rotatable bonds is 10. The summed E-state index contributed by atoms with van der Waals surface area (Å²) < 4.78 is 28.6. The Morgan fingerprint density at radius 2 is 1.86 bits per heavy atom. The van der Waals surface area contributed by atoms with Crippen LogP contribution in [-0.2, 0) is 16.0 Å². The van der Waals surface area contributed by atoms with Crippen molar-refractivity contribution in [1.29, 1.82) is 0 Å². The van der Waals surface area contributed by atoms with Crippen LogP contribution in [0.5, 0.6) is 5.75 Å². The molecule has 1 aromatic heterocycles. The van der Waals surface area contributed by atoms with Crippen LogP contribution in [0.25, 0.3) is 11.4 Å². The number of hydrogen-bond acceptors (Lipinski definition) is 6. The highest BCUT2D eigenvalue weighted by atomic mass is 19.1. The molecule has 0 aliphatic carbocycles. The zero-order valence-corrected chi connectivity index (χ0v) is 16.1. The van der Waals surface area contributed by atoms with Crippen molar-refractivity contribution >= 4 is 11.6 Å². The summed E-state index contributed by atoms with van der Waals surface area (Å²) >= 11 is 0. The second-order valence-electron chi connectivity index (χ2n) is 6.29. The zero-order valence-electron chi connectivity index (χ0n) is 16.1. The average Bonchev–Trinajstić information content (AvgIpc) is 3.19. The SMILES string of the molecule is COCCOc1ccc(NC(=O)CCCc2nc(-c3ccc(F)cc3)no2)cc1. The van der Waals surface area contributed by atoms with E-state index in [0.29, 0.717) is 61.2 Å². The fourth-order valence-corrected chi connectivity index (χ4v) is 2.57. The van der Waals surface area contributed by atoms with Crippen LogP contribution in [0, 0.1) is 5.82 Å². The summed E-state index contributed by atoms with van der Waals surface area (Å²) in [6.07, 6.45) is 1.36. The van der Waals surface area contributed by atoms with E-state index in [9.17, 15) is 9.18 Å². The number of aromatic nitrogens is 2. The normalized spacial score (nSPS) is 10.7. The molecule has 7 nitrogen and oxygen atoms in total. The van der Waals surface area contributed by atoms with Gasteiger partial charge in [-0.1, -0.05) is 5.16 Å². The molecular weight excluding hydrogens is 377 g/mol. The number of methoxy groups -OCH3 is 1. The van der Waals surface area contributed by atoms with Gasteiger partial charge in [-0.15, -0.1) is 0 Å². The Balaban J connectivity index is 1.41. The minimum Gasteiger partial charge on any atom is -0.491 e. The van der Waals surface area contributed by atoms with Gasteiger partial charge in [-0.2, -0.15) is 4.98 Å². The quantitative estimate of drug-likeness (QED) is 0.521. The third-order valence-corrected chi connectivity index (χ3v) is 4.06. The van der Waals surface area contributed by atoms with Crippen molar-refractivity contribution in [3.63, 3.8) is 0 Å². The Hall–Kier alpha value is -3.26. The summed E-state index contributed by atoms with van der Waals surface area (Å²) in [6, 6.07) is 13.0. The molecule has 3 aromatic rings. The summed E-state index contributed by atoms with van der Waals surface area (Å²) in [6.45, 7) is 0.991. The molecule has 0 saturated heterocycles. The molecule has 1 heterocycles. The van der Waals surface area contributed by atoms with Gasteiger partial charge in [-0.3, -0.25) is 4.79 Å². The van der Waals surface area contributed by atoms with Crippen molar-refractivity contribution in [2.75, 3.05) is 25.6 Å². The van der Waals surface area contributed by atoms with Crippen LogP contribution in [0.1, 0.15) is 18.7 Å². The molecule has 1 N–H and O–H groups in total. The highest BCUT2D eigenvalue weighted by Gasteiger charge is 2.10. The second kappa shape index (κ2) is 10.3. The molecule has 0 aliphatic heterocycles. The number of carbonyl (C=O) groups excluding carboxylic acids is 1. The molecule has 29 heavy (non-hydrogen) atoms. The van der Waals surface area contributed by atoms with Crippen LogP contribution in [0.3, 0.4) is 0 Å². The molecule has 0 spiro atoms. The number of amides is 1. The second-order valence-corrected chi connectivity index (χ2v) is 6.29. The Morgan fingerprint density at radius 3 is 2.59 bits per heavy atom. The van der Waals surface area contributed by atoms with Gasteiger partial charge in [0, 0.05) is 31.2 Å². The third-order valence-electron chi connectivity index (χ3n) is 4.06. The number of halogens is 1. The maximum Gasteiger partial charge on any atom is 0.226 e. The van der Waals surface area contributed by atoms with Crippen molar-refractivity contribution in [2.45, 2.75) is 19.3 Å². The molecule has 0 fully saturated rings. The zero-order chi connectivity index (χ0) is 20.5. The number of benzene rings is 2. The number of nitrogens with one attached hydrogen (secondary N) is 1. The van der Waals surface area contributed by atoms with Crippen LogP contribution in [0.15, 0.2) is 53.1 Å². The maximum atomic E-state index is 13.0. The Morgan fingerprint density at radius 1 is 1.10 bits per heavy atom. The summed E-state index contributed by atoms with van der Waals surface area (Å²) in [7, 11) is 1.62. The fourth-order valence-electron chi connectivity index (χ4n) is 2.57. The smallest absolute Gasteiger partial charge is 0.226 e. The molecule has 3 rings (SSSR count). The lowest BCUT2D eigenvalue weighted by Gasteiger charge is -2.08. The van der Waals surface area contributed by atoms with Crippen LogP contribution in [0.2, 0.25) is 0 Å². The predicted molar refractivity (Wildman–Crippen MR) is 105 cm³/mol. The summed E-state index contributed by atoms with van der Waals surface area (Å²) in [5.41, 5.74) is 1.37. The van der Waals surface area contributed by atoms with E-state index in [1.807, 2.05) is 0 Å². The number of aryl methyl sites for hydroxylation is 1. The predicted octanol–water partition coefficient (Wildman–Crippen LogP) is 3.86. The van der Waals surface area contributed by atoms with E-state index in [0.717, 1.165) is 0 Å². The minimum absolute atomic E-state index is 0.101. The van der Waals surface area contributed by atoms with Crippen LogP contribution < -0.4 is 10.1 Å². The molecular formula is C21H22FN3O4. The van der Waals surface area contributed by atoms with Crippen LogP contribution >= 0.6 is 0 Å². The summed E-state index contributed by atoms with van der Waals surface area (Å²) in [5.74, 6) is 1.13. The first-order chi connectivity index (χ1) is 14.1. The van der Waals surface area contributed by atoms with Crippen molar-refractivity contribution in [1.82, 2.24) is 10.1 Å². The first kappa shape index (κ1) is 20.5. The van der Waals surface area contributed by atoms with Gasteiger partial charge in [0.05, 0.1) is 6.61 Å². The molecule has 8 heteroatoms. The molecule has 0 bridgehead atoms. The van der Waals surface area contributed by atoms with E-state index in [1.54, 1.807) is 43.5 Å².